The minimum Gasteiger partial charge on any atom is -0.490 e. The summed E-state index contributed by atoms with van der Waals surface area (Å²) in [6.07, 6.45) is 14.5. The molecule has 2 aliphatic carbocycles. The Morgan fingerprint density at radius 1 is 1.02 bits per heavy atom. The van der Waals surface area contributed by atoms with Crippen LogP contribution in [0.3, 0.4) is 0 Å². The molecule has 5 nitrogen and oxygen atoms in total. The van der Waals surface area contributed by atoms with E-state index >= 15 is 0 Å². The quantitative estimate of drug-likeness (QED) is 0.251. The number of carbonyl (C=O) groups excluding carboxylic acids is 1. The van der Waals surface area contributed by atoms with Gasteiger partial charge >= 0.3 is 0 Å². The van der Waals surface area contributed by atoms with Gasteiger partial charge in [-0.05, 0) is 106 Å². The van der Waals surface area contributed by atoms with Crippen LogP contribution in [0.25, 0.3) is 0 Å². The highest BCUT2D eigenvalue weighted by atomic mass is 16.5. The van der Waals surface area contributed by atoms with Crippen molar-refractivity contribution in [2.45, 2.75) is 102 Å². The first kappa shape index (κ1) is 28.7. The zero-order chi connectivity index (χ0) is 28.0. The lowest BCUT2D eigenvalue weighted by Gasteiger charge is -2.39. The molecule has 1 aliphatic heterocycles. The first-order valence-corrected chi connectivity index (χ1v) is 15.5. The Labute approximate surface area is 240 Å². The average molecular weight is 543 g/mol. The summed E-state index contributed by atoms with van der Waals surface area (Å²) in [5, 5.41) is 11.2. The van der Waals surface area contributed by atoms with Gasteiger partial charge in [0.2, 0.25) is 0 Å². The van der Waals surface area contributed by atoms with Crippen LogP contribution in [0, 0.1) is 17.8 Å². The van der Waals surface area contributed by atoms with Crippen LogP contribution in [0.5, 0.6) is 5.75 Å². The molecule has 2 fully saturated rings. The number of nitrogens with zero attached hydrogens (tertiary/aromatic N) is 2. The standard InChI is InChI=1S/C35H46N2O3/c1-25-13-15-32(40-31-11-6-10-29(24-31)35(2,39)28-8-5-9-28)22-26(21-25)14-16-34(38)33-12-4-3-7-27(33)23-30-17-18-36-19-20-37-30/h3-4,6-7,10-12,19-20,24-26,28,30,32,39H,5,8-9,13-18,21-23H2,1-2H3. The molecule has 2 saturated carbocycles. The number of rotatable bonds is 10. The number of hydrogen-bond acceptors (Lipinski definition) is 5. The number of ketones is 1. The van der Waals surface area contributed by atoms with Crippen molar-refractivity contribution in [3.05, 3.63) is 65.2 Å². The fraction of sp³-hybridized carbons (Fsp3) is 0.571. The lowest BCUT2D eigenvalue weighted by atomic mass is 9.71. The number of carbonyl (C=O) groups is 1. The minimum atomic E-state index is -0.800. The van der Waals surface area contributed by atoms with Crippen molar-refractivity contribution in [2.24, 2.45) is 27.7 Å². The Morgan fingerprint density at radius 2 is 1.88 bits per heavy atom. The molecule has 5 rings (SSSR count). The van der Waals surface area contributed by atoms with Gasteiger partial charge in [-0.25, -0.2) is 0 Å². The van der Waals surface area contributed by atoms with Crippen molar-refractivity contribution >= 4 is 18.2 Å². The molecular weight excluding hydrogens is 496 g/mol. The predicted octanol–water partition coefficient (Wildman–Crippen LogP) is 7.39. The largest absolute Gasteiger partial charge is 0.490 e. The highest BCUT2D eigenvalue weighted by Gasteiger charge is 2.37. The summed E-state index contributed by atoms with van der Waals surface area (Å²) in [5.41, 5.74) is 2.11. The monoisotopic (exact) mass is 542 g/mol. The summed E-state index contributed by atoms with van der Waals surface area (Å²) in [7, 11) is 0. The maximum atomic E-state index is 13.5. The summed E-state index contributed by atoms with van der Waals surface area (Å²) in [6, 6.07) is 16.4. The Balaban J connectivity index is 1.20. The van der Waals surface area contributed by atoms with Crippen molar-refractivity contribution in [3.8, 4) is 5.75 Å². The van der Waals surface area contributed by atoms with Crippen LogP contribution in [0.4, 0.5) is 0 Å². The number of aliphatic hydroxyl groups is 1. The van der Waals surface area contributed by atoms with Gasteiger partial charge in [-0.1, -0.05) is 49.7 Å². The fourth-order valence-corrected chi connectivity index (χ4v) is 6.80. The number of Topliss-reactive ketones (excluding diaryl/α,β-unsaturated/α-hetero) is 1. The Hall–Kier alpha value is -2.79. The molecule has 0 aromatic heterocycles. The Bertz CT molecular complexity index is 1200. The summed E-state index contributed by atoms with van der Waals surface area (Å²) in [5.74, 6) is 2.52. The molecule has 5 unspecified atom stereocenters. The second-order valence-corrected chi connectivity index (χ2v) is 12.7. The van der Waals surface area contributed by atoms with E-state index in [1.54, 1.807) is 12.4 Å². The molecule has 0 spiro atoms. The zero-order valence-electron chi connectivity index (χ0n) is 24.3. The van der Waals surface area contributed by atoms with E-state index in [1.807, 2.05) is 49.4 Å². The van der Waals surface area contributed by atoms with Crippen LogP contribution in [-0.4, -0.2) is 42.0 Å². The van der Waals surface area contributed by atoms with Crippen LogP contribution in [0.15, 0.2) is 58.5 Å². The molecule has 0 saturated heterocycles. The number of benzene rings is 2. The van der Waals surface area contributed by atoms with E-state index in [4.69, 9.17) is 4.74 Å². The third-order valence-electron chi connectivity index (χ3n) is 9.55. The first-order chi connectivity index (χ1) is 19.4. The predicted molar refractivity (Wildman–Crippen MR) is 163 cm³/mol. The highest BCUT2D eigenvalue weighted by Crippen LogP contribution is 2.43. The van der Waals surface area contributed by atoms with Crippen LogP contribution >= 0.6 is 0 Å². The van der Waals surface area contributed by atoms with Gasteiger partial charge in [0.25, 0.3) is 0 Å². The molecule has 5 heteroatoms. The van der Waals surface area contributed by atoms with Crippen LogP contribution in [0.1, 0.15) is 99.5 Å². The molecule has 3 aliphatic rings. The molecule has 1 heterocycles. The van der Waals surface area contributed by atoms with Crippen LogP contribution in [-0.2, 0) is 12.0 Å². The van der Waals surface area contributed by atoms with Gasteiger partial charge in [-0.3, -0.25) is 14.8 Å². The molecule has 1 N–H and O–H groups in total. The SMILES string of the molecule is CC1CCC(Oc2cccc(C(C)(O)C3CCC3)c2)CC(CCC(=O)c2ccccc2CC2CCN=CC=N2)C1. The van der Waals surface area contributed by atoms with Crippen molar-refractivity contribution in [2.75, 3.05) is 6.54 Å². The summed E-state index contributed by atoms with van der Waals surface area (Å²) in [6.45, 7) is 5.07. The number of hydrogen-bond donors (Lipinski definition) is 1. The van der Waals surface area contributed by atoms with E-state index < -0.39 is 5.60 Å². The molecule has 0 bridgehead atoms. The van der Waals surface area contributed by atoms with Crippen molar-refractivity contribution in [1.82, 2.24) is 0 Å². The molecule has 5 atom stereocenters. The Morgan fingerprint density at radius 3 is 2.70 bits per heavy atom. The molecule has 214 valence electrons. The van der Waals surface area contributed by atoms with Gasteiger partial charge in [0.15, 0.2) is 5.78 Å². The molecular formula is C35H46N2O3. The molecule has 2 aromatic carbocycles. The molecule has 40 heavy (non-hydrogen) atoms. The van der Waals surface area contributed by atoms with E-state index in [-0.39, 0.29) is 17.9 Å². The molecule has 0 radical (unpaired) electrons. The van der Waals surface area contributed by atoms with Gasteiger partial charge in [-0.2, -0.15) is 0 Å². The van der Waals surface area contributed by atoms with E-state index in [0.717, 1.165) is 86.8 Å². The second kappa shape index (κ2) is 13.2. The number of aliphatic imine (C=N–C) groups is 2. The number of ether oxygens (including phenoxy) is 1. The van der Waals surface area contributed by atoms with Crippen molar-refractivity contribution in [3.63, 3.8) is 0 Å². The van der Waals surface area contributed by atoms with E-state index in [1.165, 1.54) is 6.42 Å². The average Bonchev–Trinajstić information content (AvgIpc) is 3.27. The van der Waals surface area contributed by atoms with Gasteiger partial charge in [-0.15, -0.1) is 0 Å². The second-order valence-electron chi connectivity index (χ2n) is 12.7. The van der Waals surface area contributed by atoms with Gasteiger partial charge in [0.05, 0.1) is 17.7 Å². The lowest BCUT2D eigenvalue weighted by Crippen LogP contribution is -2.36. The maximum absolute atomic E-state index is 13.5. The zero-order valence-corrected chi connectivity index (χ0v) is 24.3. The summed E-state index contributed by atoms with van der Waals surface area (Å²) in [4.78, 5) is 22.4. The minimum absolute atomic E-state index is 0.136. The van der Waals surface area contributed by atoms with Crippen molar-refractivity contribution < 1.29 is 14.6 Å². The van der Waals surface area contributed by atoms with Crippen LogP contribution in [0.2, 0.25) is 0 Å². The van der Waals surface area contributed by atoms with Gasteiger partial charge < -0.3 is 9.84 Å². The molecule has 0 amide bonds. The van der Waals surface area contributed by atoms with Gasteiger partial charge in [0.1, 0.15) is 5.75 Å². The van der Waals surface area contributed by atoms with Crippen LogP contribution < -0.4 is 4.74 Å². The lowest BCUT2D eigenvalue weighted by molar-refractivity contribution is -0.0401. The van der Waals surface area contributed by atoms with Gasteiger partial charge in [0, 0.05) is 31.0 Å². The fourth-order valence-electron chi connectivity index (χ4n) is 6.80. The highest BCUT2D eigenvalue weighted by molar-refractivity contribution is 6.16. The topological polar surface area (TPSA) is 71.2 Å². The third-order valence-corrected chi connectivity index (χ3v) is 9.55. The Kier molecular flexibility index (Phi) is 9.52. The summed E-state index contributed by atoms with van der Waals surface area (Å²) < 4.78 is 6.57. The summed E-state index contributed by atoms with van der Waals surface area (Å²) >= 11 is 0. The normalized spacial score (nSPS) is 26.8. The third kappa shape index (κ3) is 7.28. The van der Waals surface area contributed by atoms with Crippen molar-refractivity contribution in [1.29, 1.82) is 0 Å². The van der Waals surface area contributed by atoms with E-state index in [0.29, 0.717) is 24.2 Å². The van der Waals surface area contributed by atoms with E-state index in [2.05, 4.69) is 23.0 Å². The maximum Gasteiger partial charge on any atom is 0.163 e. The first-order valence-electron chi connectivity index (χ1n) is 15.5. The molecule has 2 aromatic rings. The smallest absolute Gasteiger partial charge is 0.163 e. The van der Waals surface area contributed by atoms with E-state index in [9.17, 15) is 9.90 Å².